The molecule has 1 saturated heterocycles. The first-order valence-corrected chi connectivity index (χ1v) is 6.33. The van der Waals surface area contributed by atoms with E-state index in [0.717, 1.165) is 13.1 Å². The monoisotopic (exact) mass is 290 g/mol. The molecule has 104 valence electrons. The van der Waals surface area contributed by atoms with E-state index in [9.17, 15) is 0 Å². The molecule has 1 fully saturated rings. The molecule has 2 nitrogen and oxygen atoms in total. The SMILES string of the molecule is CC[C@@H](c1ccccc1C)N1CCNCC1.Cl.Cl. The van der Waals surface area contributed by atoms with Gasteiger partial charge in [0.15, 0.2) is 0 Å². The fourth-order valence-electron chi connectivity index (χ4n) is 2.63. The van der Waals surface area contributed by atoms with Gasteiger partial charge in [0.2, 0.25) is 0 Å². The predicted molar refractivity (Wildman–Crippen MR) is 83.1 cm³/mol. The number of rotatable bonds is 3. The van der Waals surface area contributed by atoms with Gasteiger partial charge in [0.25, 0.3) is 0 Å². The predicted octanol–water partition coefficient (Wildman–Crippen LogP) is 3.19. The summed E-state index contributed by atoms with van der Waals surface area (Å²) in [7, 11) is 0. The molecule has 0 saturated carbocycles. The molecule has 4 heteroatoms. The Balaban J connectivity index is 0.00000144. The van der Waals surface area contributed by atoms with Crippen molar-refractivity contribution in [2.75, 3.05) is 26.2 Å². The van der Waals surface area contributed by atoms with Crippen molar-refractivity contribution in [3.63, 3.8) is 0 Å². The summed E-state index contributed by atoms with van der Waals surface area (Å²) in [4.78, 5) is 2.61. The number of piperazine rings is 1. The smallest absolute Gasteiger partial charge is 0.0349 e. The average Bonchev–Trinajstić information content (AvgIpc) is 2.34. The Labute approximate surface area is 123 Å². The highest BCUT2D eigenvalue weighted by atomic mass is 35.5. The standard InChI is InChI=1S/C14H22N2.2ClH/c1-3-14(16-10-8-15-9-11-16)13-7-5-4-6-12(13)2;;/h4-7,14-15H,3,8-11H2,1-2H3;2*1H/t14-;;/m0../s1. The number of aryl methyl sites for hydroxylation is 1. The van der Waals surface area contributed by atoms with Crippen molar-refractivity contribution in [3.05, 3.63) is 35.4 Å². The maximum Gasteiger partial charge on any atom is 0.0349 e. The summed E-state index contributed by atoms with van der Waals surface area (Å²) in [5, 5.41) is 3.42. The zero-order valence-corrected chi connectivity index (χ0v) is 12.8. The molecule has 1 aromatic carbocycles. The van der Waals surface area contributed by atoms with E-state index in [1.54, 1.807) is 0 Å². The summed E-state index contributed by atoms with van der Waals surface area (Å²) in [6.07, 6.45) is 1.20. The van der Waals surface area contributed by atoms with Gasteiger partial charge in [-0.2, -0.15) is 0 Å². The molecule has 0 aromatic heterocycles. The molecule has 0 bridgehead atoms. The summed E-state index contributed by atoms with van der Waals surface area (Å²) < 4.78 is 0. The number of hydrogen-bond donors (Lipinski definition) is 1. The molecular formula is C14H24Cl2N2. The molecule has 1 atom stereocenters. The molecular weight excluding hydrogens is 267 g/mol. The Morgan fingerprint density at radius 3 is 2.33 bits per heavy atom. The van der Waals surface area contributed by atoms with Crippen molar-refractivity contribution in [1.82, 2.24) is 10.2 Å². The van der Waals surface area contributed by atoms with Gasteiger partial charge in [0, 0.05) is 32.2 Å². The normalized spacial score (nSPS) is 17.4. The minimum atomic E-state index is 0. The van der Waals surface area contributed by atoms with Crippen LogP contribution >= 0.6 is 24.8 Å². The largest absolute Gasteiger partial charge is 0.314 e. The van der Waals surface area contributed by atoms with Crippen LogP contribution in [-0.4, -0.2) is 31.1 Å². The molecule has 1 aliphatic rings. The highest BCUT2D eigenvalue weighted by Gasteiger charge is 2.21. The summed E-state index contributed by atoms with van der Waals surface area (Å²) in [5.41, 5.74) is 2.93. The molecule has 2 rings (SSSR count). The average molecular weight is 291 g/mol. The van der Waals surface area contributed by atoms with Crippen LogP contribution in [0.4, 0.5) is 0 Å². The van der Waals surface area contributed by atoms with E-state index >= 15 is 0 Å². The van der Waals surface area contributed by atoms with Crippen molar-refractivity contribution in [2.24, 2.45) is 0 Å². The summed E-state index contributed by atoms with van der Waals surface area (Å²) in [6.45, 7) is 9.11. The lowest BCUT2D eigenvalue weighted by molar-refractivity contribution is 0.169. The number of halogens is 2. The van der Waals surface area contributed by atoms with Crippen LogP contribution < -0.4 is 5.32 Å². The van der Waals surface area contributed by atoms with Crippen LogP contribution in [0, 0.1) is 6.92 Å². The van der Waals surface area contributed by atoms with Gasteiger partial charge in [-0.25, -0.2) is 0 Å². The third kappa shape index (κ3) is 4.13. The summed E-state index contributed by atoms with van der Waals surface area (Å²) in [6, 6.07) is 9.39. The van der Waals surface area contributed by atoms with Crippen LogP contribution in [-0.2, 0) is 0 Å². The van der Waals surface area contributed by atoms with Crippen LogP contribution in [0.5, 0.6) is 0 Å². The second-order valence-electron chi connectivity index (χ2n) is 4.57. The summed E-state index contributed by atoms with van der Waals surface area (Å²) >= 11 is 0. The molecule has 0 unspecified atom stereocenters. The van der Waals surface area contributed by atoms with Gasteiger partial charge in [-0.3, -0.25) is 4.90 Å². The van der Waals surface area contributed by atoms with Crippen molar-refractivity contribution in [3.8, 4) is 0 Å². The van der Waals surface area contributed by atoms with Gasteiger partial charge >= 0.3 is 0 Å². The maximum atomic E-state index is 3.42. The van der Waals surface area contributed by atoms with E-state index in [4.69, 9.17) is 0 Å². The zero-order valence-electron chi connectivity index (χ0n) is 11.2. The van der Waals surface area contributed by atoms with Crippen LogP contribution in [0.15, 0.2) is 24.3 Å². The molecule has 18 heavy (non-hydrogen) atoms. The van der Waals surface area contributed by atoms with Gasteiger partial charge in [-0.1, -0.05) is 31.2 Å². The first-order chi connectivity index (χ1) is 7.83. The second kappa shape index (κ2) is 8.76. The molecule has 1 heterocycles. The first kappa shape index (κ1) is 17.7. The van der Waals surface area contributed by atoms with Gasteiger partial charge in [-0.15, -0.1) is 24.8 Å². The summed E-state index contributed by atoms with van der Waals surface area (Å²) in [5.74, 6) is 0. The van der Waals surface area contributed by atoms with Gasteiger partial charge in [-0.05, 0) is 24.5 Å². The van der Waals surface area contributed by atoms with E-state index in [2.05, 4.69) is 48.3 Å². The minimum absolute atomic E-state index is 0. The third-order valence-electron chi connectivity index (χ3n) is 3.53. The van der Waals surface area contributed by atoms with Gasteiger partial charge in [0.1, 0.15) is 0 Å². The molecule has 0 spiro atoms. The number of benzene rings is 1. The first-order valence-electron chi connectivity index (χ1n) is 6.33. The number of hydrogen-bond acceptors (Lipinski definition) is 2. The lowest BCUT2D eigenvalue weighted by Crippen LogP contribution is -2.45. The van der Waals surface area contributed by atoms with Gasteiger partial charge < -0.3 is 5.32 Å². The number of nitrogens with zero attached hydrogens (tertiary/aromatic N) is 1. The van der Waals surface area contributed by atoms with E-state index in [-0.39, 0.29) is 24.8 Å². The molecule has 1 aromatic rings. The van der Waals surface area contributed by atoms with E-state index < -0.39 is 0 Å². The second-order valence-corrected chi connectivity index (χ2v) is 4.57. The fourth-order valence-corrected chi connectivity index (χ4v) is 2.63. The highest BCUT2D eigenvalue weighted by molar-refractivity contribution is 5.85. The van der Waals surface area contributed by atoms with E-state index in [1.165, 1.54) is 30.6 Å². The highest BCUT2D eigenvalue weighted by Crippen LogP contribution is 2.26. The van der Waals surface area contributed by atoms with Crippen molar-refractivity contribution in [2.45, 2.75) is 26.3 Å². The molecule has 0 amide bonds. The third-order valence-corrected chi connectivity index (χ3v) is 3.53. The van der Waals surface area contributed by atoms with E-state index in [0.29, 0.717) is 6.04 Å². The molecule has 1 aliphatic heterocycles. The Hall–Kier alpha value is -0.280. The van der Waals surface area contributed by atoms with Crippen LogP contribution in [0.25, 0.3) is 0 Å². The topological polar surface area (TPSA) is 15.3 Å². The lowest BCUT2D eigenvalue weighted by atomic mass is 9.97. The molecule has 0 radical (unpaired) electrons. The van der Waals surface area contributed by atoms with Gasteiger partial charge in [0.05, 0.1) is 0 Å². The Morgan fingerprint density at radius 1 is 1.17 bits per heavy atom. The number of nitrogens with one attached hydrogen (secondary N) is 1. The van der Waals surface area contributed by atoms with Crippen LogP contribution in [0.2, 0.25) is 0 Å². The van der Waals surface area contributed by atoms with Crippen molar-refractivity contribution < 1.29 is 0 Å². The van der Waals surface area contributed by atoms with Crippen molar-refractivity contribution in [1.29, 1.82) is 0 Å². The molecule has 0 aliphatic carbocycles. The molecule has 1 N–H and O–H groups in total. The van der Waals surface area contributed by atoms with E-state index in [1.807, 2.05) is 0 Å². The Bertz CT molecular complexity index is 338. The Morgan fingerprint density at radius 2 is 1.78 bits per heavy atom. The lowest BCUT2D eigenvalue weighted by Gasteiger charge is -2.35. The quantitative estimate of drug-likeness (QED) is 0.920. The van der Waals surface area contributed by atoms with Crippen LogP contribution in [0.1, 0.15) is 30.5 Å². The fraction of sp³-hybridized carbons (Fsp3) is 0.571. The van der Waals surface area contributed by atoms with Crippen LogP contribution in [0.3, 0.4) is 0 Å². The zero-order chi connectivity index (χ0) is 11.4. The van der Waals surface area contributed by atoms with Crippen molar-refractivity contribution >= 4 is 24.8 Å². The Kier molecular flexibility index (Phi) is 8.62. The minimum Gasteiger partial charge on any atom is -0.314 e. The maximum absolute atomic E-state index is 3.42.